The van der Waals surface area contributed by atoms with Gasteiger partial charge in [-0.15, -0.1) is 0 Å². The summed E-state index contributed by atoms with van der Waals surface area (Å²) in [6.07, 6.45) is 2.53. The first-order chi connectivity index (χ1) is 8.61. The van der Waals surface area contributed by atoms with E-state index in [0.717, 1.165) is 24.1 Å². The van der Waals surface area contributed by atoms with Crippen LogP contribution < -0.4 is 4.90 Å². The fraction of sp³-hybridized carbons (Fsp3) is 0.429. The molecule has 0 aromatic heterocycles. The number of ether oxygens (including phenoxy) is 1. The van der Waals surface area contributed by atoms with Crippen LogP contribution in [0.15, 0.2) is 18.2 Å². The molecule has 2 rings (SSSR count). The first kappa shape index (κ1) is 12.6. The number of fused-ring (bicyclic) bond motifs is 1. The zero-order valence-corrected chi connectivity index (χ0v) is 10.7. The molecule has 1 aliphatic rings. The van der Waals surface area contributed by atoms with E-state index in [4.69, 9.17) is 0 Å². The molecule has 4 nitrogen and oxygen atoms in total. The van der Waals surface area contributed by atoms with Crippen LogP contribution in [0.2, 0.25) is 0 Å². The van der Waals surface area contributed by atoms with Crippen LogP contribution in [0.25, 0.3) is 0 Å². The van der Waals surface area contributed by atoms with E-state index >= 15 is 0 Å². The Morgan fingerprint density at radius 3 is 2.94 bits per heavy atom. The number of carbonyl (C=O) groups is 2. The van der Waals surface area contributed by atoms with E-state index in [1.54, 1.807) is 11.9 Å². The van der Waals surface area contributed by atoms with Crippen molar-refractivity contribution < 1.29 is 14.3 Å². The molecule has 1 heterocycles. The summed E-state index contributed by atoms with van der Waals surface area (Å²) in [5.41, 5.74) is 3.25. The molecule has 0 bridgehead atoms. The van der Waals surface area contributed by atoms with Gasteiger partial charge in [0.15, 0.2) is 0 Å². The van der Waals surface area contributed by atoms with Gasteiger partial charge in [0.2, 0.25) is 5.91 Å². The van der Waals surface area contributed by atoms with Crippen LogP contribution in [0.1, 0.15) is 24.0 Å². The zero-order chi connectivity index (χ0) is 13.1. The number of nitrogens with zero attached hydrogens (tertiary/aromatic N) is 1. The van der Waals surface area contributed by atoms with Crippen molar-refractivity contribution in [1.82, 2.24) is 0 Å². The Kier molecular flexibility index (Phi) is 3.65. The number of aryl methyl sites for hydroxylation is 1. The van der Waals surface area contributed by atoms with Crippen LogP contribution in [-0.2, 0) is 27.2 Å². The molecule has 0 radical (unpaired) electrons. The fourth-order valence-electron chi connectivity index (χ4n) is 2.22. The summed E-state index contributed by atoms with van der Waals surface area (Å²) in [6.45, 7) is 0. The summed E-state index contributed by atoms with van der Waals surface area (Å²) in [4.78, 5) is 24.2. The van der Waals surface area contributed by atoms with Crippen molar-refractivity contribution in [2.75, 3.05) is 19.1 Å². The van der Waals surface area contributed by atoms with Crippen molar-refractivity contribution in [3.05, 3.63) is 29.3 Å². The molecule has 1 amide bonds. The summed E-state index contributed by atoms with van der Waals surface area (Å²) in [5.74, 6) is -0.0391. The molecule has 0 atom stereocenters. The van der Waals surface area contributed by atoms with E-state index in [-0.39, 0.29) is 11.9 Å². The average molecular weight is 247 g/mol. The molecule has 96 valence electrons. The average Bonchev–Trinajstić information content (AvgIpc) is 2.64. The summed E-state index contributed by atoms with van der Waals surface area (Å²) in [6, 6.07) is 6.06. The monoisotopic (exact) mass is 247 g/mol. The van der Waals surface area contributed by atoms with Gasteiger partial charge in [0.1, 0.15) is 0 Å². The Bertz CT molecular complexity index is 482. The van der Waals surface area contributed by atoms with Gasteiger partial charge in [-0.3, -0.25) is 9.59 Å². The third kappa shape index (κ3) is 2.53. The van der Waals surface area contributed by atoms with Crippen LogP contribution >= 0.6 is 0 Å². The van der Waals surface area contributed by atoms with Crippen LogP contribution in [-0.4, -0.2) is 26.0 Å². The molecule has 1 aromatic carbocycles. The van der Waals surface area contributed by atoms with Crippen LogP contribution in [0.4, 0.5) is 5.69 Å². The maximum Gasteiger partial charge on any atom is 0.305 e. The van der Waals surface area contributed by atoms with Gasteiger partial charge in [0.25, 0.3) is 0 Å². The molecule has 0 saturated carbocycles. The number of esters is 1. The number of likely N-dealkylation sites (N-methyl/N-ethyl adjacent to an activating group) is 1. The Hall–Kier alpha value is -1.84. The first-order valence-corrected chi connectivity index (χ1v) is 6.07. The van der Waals surface area contributed by atoms with Gasteiger partial charge >= 0.3 is 5.97 Å². The maximum absolute atomic E-state index is 11.5. The number of amides is 1. The number of anilines is 1. The molecule has 0 spiro atoms. The lowest BCUT2D eigenvalue weighted by Gasteiger charge is -2.10. The number of rotatable bonds is 4. The highest BCUT2D eigenvalue weighted by molar-refractivity contribution is 6.00. The smallest absolute Gasteiger partial charge is 0.305 e. The number of carbonyl (C=O) groups excluding carboxylic acids is 2. The van der Waals surface area contributed by atoms with Crippen LogP contribution in [0.3, 0.4) is 0 Å². The molecule has 18 heavy (non-hydrogen) atoms. The quantitative estimate of drug-likeness (QED) is 0.761. The molecule has 0 N–H and O–H groups in total. The highest BCUT2D eigenvalue weighted by atomic mass is 16.5. The highest BCUT2D eigenvalue weighted by Gasteiger charge is 2.23. The largest absolute Gasteiger partial charge is 0.469 e. The number of hydrogen-bond acceptors (Lipinski definition) is 3. The zero-order valence-electron chi connectivity index (χ0n) is 10.7. The number of methoxy groups -OCH3 is 1. The van der Waals surface area contributed by atoms with Gasteiger partial charge in [-0.1, -0.05) is 12.1 Å². The van der Waals surface area contributed by atoms with Gasteiger partial charge in [-0.25, -0.2) is 0 Å². The van der Waals surface area contributed by atoms with Crippen molar-refractivity contribution >= 4 is 17.6 Å². The van der Waals surface area contributed by atoms with Gasteiger partial charge < -0.3 is 9.64 Å². The highest BCUT2D eigenvalue weighted by Crippen LogP contribution is 2.28. The predicted octanol–water partition coefficient (Wildman–Crippen LogP) is 1.70. The Balaban J connectivity index is 1.98. The van der Waals surface area contributed by atoms with E-state index < -0.39 is 0 Å². The van der Waals surface area contributed by atoms with Crippen LogP contribution in [0, 0.1) is 0 Å². The Labute approximate surface area is 107 Å². The van der Waals surface area contributed by atoms with E-state index in [9.17, 15) is 9.59 Å². The minimum atomic E-state index is -0.175. The molecule has 1 aliphatic heterocycles. The lowest BCUT2D eigenvalue weighted by molar-refractivity contribution is -0.140. The normalized spacial score (nSPS) is 13.7. The predicted molar refractivity (Wildman–Crippen MR) is 68.5 cm³/mol. The molecule has 0 aliphatic carbocycles. The van der Waals surface area contributed by atoms with Gasteiger partial charge in [0.05, 0.1) is 13.5 Å². The van der Waals surface area contributed by atoms with Crippen molar-refractivity contribution in [3.63, 3.8) is 0 Å². The summed E-state index contributed by atoms with van der Waals surface area (Å²) < 4.78 is 4.60. The number of benzene rings is 1. The molecule has 0 saturated heterocycles. The molecule has 0 fully saturated rings. The summed E-state index contributed by atoms with van der Waals surface area (Å²) in [7, 11) is 3.20. The molecular weight excluding hydrogens is 230 g/mol. The van der Waals surface area contributed by atoms with E-state index in [2.05, 4.69) is 10.8 Å². The van der Waals surface area contributed by atoms with Gasteiger partial charge in [0, 0.05) is 19.2 Å². The topological polar surface area (TPSA) is 46.6 Å². The third-order valence-electron chi connectivity index (χ3n) is 3.30. The van der Waals surface area contributed by atoms with E-state index in [0.29, 0.717) is 12.8 Å². The van der Waals surface area contributed by atoms with Crippen molar-refractivity contribution in [1.29, 1.82) is 0 Å². The summed E-state index contributed by atoms with van der Waals surface area (Å²) >= 11 is 0. The lowest BCUT2D eigenvalue weighted by Crippen LogP contribution is -2.20. The van der Waals surface area contributed by atoms with E-state index in [1.165, 1.54) is 12.7 Å². The molecule has 1 aromatic rings. The van der Waals surface area contributed by atoms with Gasteiger partial charge in [-0.05, 0) is 30.0 Å². The Morgan fingerprint density at radius 2 is 2.22 bits per heavy atom. The first-order valence-electron chi connectivity index (χ1n) is 6.07. The second-order valence-electron chi connectivity index (χ2n) is 4.52. The lowest BCUT2D eigenvalue weighted by atomic mass is 10.0. The van der Waals surface area contributed by atoms with Crippen molar-refractivity contribution in [3.8, 4) is 0 Å². The summed E-state index contributed by atoms with van der Waals surface area (Å²) in [5, 5.41) is 0. The van der Waals surface area contributed by atoms with Crippen LogP contribution in [0.5, 0.6) is 0 Å². The molecular formula is C14H17NO3. The van der Waals surface area contributed by atoms with Crippen molar-refractivity contribution in [2.45, 2.75) is 25.7 Å². The molecule has 4 heteroatoms. The SMILES string of the molecule is COC(=O)CCCc1ccc2c(c1)CC(=O)N2C. The Morgan fingerprint density at radius 1 is 1.44 bits per heavy atom. The van der Waals surface area contributed by atoms with E-state index in [1.807, 2.05) is 12.1 Å². The molecule has 0 unspecified atom stereocenters. The van der Waals surface area contributed by atoms with Crippen molar-refractivity contribution in [2.24, 2.45) is 0 Å². The minimum Gasteiger partial charge on any atom is -0.469 e. The standard InChI is InChI=1S/C14H17NO3/c1-15-12-7-6-10(4-3-5-14(17)18-2)8-11(12)9-13(15)16/h6-8H,3-5,9H2,1-2H3. The minimum absolute atomic E-state index is 0.136. The maximum atomic E-state index is 11.5. The number of hydrogen-bond donors (Lipinski definition) is 0. The second kappa shape index (κ2) is 5.21. The fourth-order valence-corrected chi connectivity index (χ4v) is 2.22. The van der Waals surface area contributed by atoms with Gasteiger partial charge in [-0.2, -0.15) is 0 Å². The third-order valence-corrected chi connectivity index (χ3v) is 3.30. The second-order valence-corrected chi connectivity index (χ2v) is 4.52.